The zero-order chi connectivity index (χ0) is 17.6. The van der Waals surface area contributed by atoms with Crippen LogP contribution in [0.4, 0.5) is 0 Å². The molecular weight excluding hydrogens is 362 g/mol. The molecule has 1 aliphatic heterocycles. The van der Waals surface area contributed by atoms with Gasteiger partial charge in [-0.1, -0.05) is 35.9 Å². The van der Waals surface area contributed by atoms with Gasteiger partial charge in [0.05, 0.1) is 10.4 Å². The van der Waals surface area contributed by atoms with Crippen molar-refractivity contribution < 1.29 is 19.4 Å². The second-order valence-electron chi connectivity index (χ2n) is 5.47. The third-order valence-corrected chi connectivity index (χ3v) is 5.29. The van der Waals surface area contributed by atoms with Gasteiger partial charge < -0.3 is 14.6 Å². The van der Waals surface area contributed by atoms with E-state index in [0.717, 1.165) is 11.3 Å². The van der Waals surface area contributed by atoms with Gasteiger partial charge in [-0.3, -0.25) is 10.1 Å². The zero-order valence-corrected chi connectivity index (χ0v) is 14.9. The van der Waals surface area contributed by atoms with Gasteiger partial charge in [0.1, 0.15) is 30.8 Å². The van der Waals surface area contributed by atoms with E-state index in [1.807, 2.05) is 42.5 Å². The first-order valence-electron chi connectivity index (χ1n) is 7.84. The van der Waals surface area contributed by atoms with Crippen molar-refractivity contribution in [3.05, 3.63) is 59.1 Å². The predicted octanol–water partition coefficient (Wildman–Crippen LogP) is 3.59. The van der Waals surface area contributed by atoms with Crippen molar-refractivity contribution in [2.24, 2.45) is 0 Å². The number of nitrogens with one attached hydrogen (secondary N) is 1. The van der Waals surface area contributed by atoms with Crippen LogP contribution in [-0.2, 0) is 4.79 Å². The van der Waals surface area contributed by atoms with Crippen molar-refractivity contribution >= 4 is 29.3 Å². The minimum Gasteiger partial charge on any atom is -0.490 e. The Balaban J connectivity index is 1.45. The van der Waals surface area contributed by atoms with Gasteiger partial charge >= 0.3 is 5.97 Å². The topological polar surface area (TPSA) is 67.8 Å². The van der Waals surface area contributed by atoms with Crippen LogP contribution in [0.2, 0.25) is 5.02 Å². The number of carboxylic acid groups (broad SMARTS) is 1. The molecule has 0 radical (unpaired) electrons. The Morgan fingerprint density at radius 3 is 2.56 bits per heavy atom. The fourth-order valence-electron chi connectivity index (χ4n) is 2.42. The summed E-state index contributed by atoms with van der Waals surface area (Å²) in [4.78, 5) is 11.0. The summed E-state index contributed by atoms with van der Waals surface area (Å²) < 4.78 is 11.2. The smallest absolute Gasteiger partial charge is 0.321 e. The first-order chi connectivity index (χ1) is 12.1. The SMILES string of the molecule is O=C(O)C1CSC(c2ccc(OCCOc3ccccc3Cl)cc2)N1. The average Bonchev–Trinajstić information content (AvgIpc) is 3.11. The summed E-state index contributed by atoms with van der Waals surface area (Å²) in [5, 5.41) is 12.7. The molecule has 3 rings (SSSR count). The number of aliphatic carboxylic acids is 1. The molecule has 132 valence electrons. The van der Waals surface area contributed by atoms with Gasteiger partial charge in [-0.2, -0.15) is 0 Å². The van der Waals surface area contributed by atoms with E-state index < -0.39 is 12.0 Å². The van der Waals surface area contributed by atoms with Gasteiger partial charge in [0, 0.05) is 5.75 Å². The number of benzene rings is 2. The molecule has 2 atom stereocenters. The Bertz CT molecular complexity index is 725. The lowest BCUT2D eigenvalue weighted by atomic mass is 10.2. The normalized spacial score (nSPS) is 19.6. The first kappa shape index (κ1) is 17.9. The van der Waals surface area contributed by atoms with Gasteiger partial charge in [-0.05, 0) is 29.8 Å². The number of ether oxygens (including phenoxy) is 2. The monoisotopic (exact) mass is 379 g/mol. The van der Waals surface area contributed by atoms with Gasteiger partial charge in [0.25, 0.3) is 0 Å². The van der Waals surface area contributed by atoms with E-state index in [-0.39, 0.29) is 5.37 Å². The molecule has 1 heterocycles. The summed E-state index contributed by atoms with van der Waals surface area (Å²) in [6.45, 7) is 0.799. The van der Waals surface area contributed by atoms with E-state index in [1.165, 1.54) is 0 Å². The molecular formula is C18H18ClNO4S. The Kier molecular flexibility index (Phi) is 6.07. The molecule has 0 aliphatic carbocycles. The van der Waals surface area contributed by atoms with Gasteiger partial charge in [0.15, 0.2) is 0 Å². The maximum absolute atomic E-state index is 11.0. The number of carbonyl (C=O) groups is 1. The fourth-order valence-corrected chi connectivity index (χ4v) is 3.84. The summed E-state index contributed by atoms with van der Waals surface area (Å²) in [7, 11) is 0. The van der Waals surface area contributed by atoms with E-state index in [9.17, 15) is 4.79 Å². The van der Waals surface area contributed by atoms with Crippen LogP contribution in [0, 0.1) is 0 Å². The molecule has 0 spiro atoms. The molecule has 0 bridgehead atoms. The molecule has 0 amide bonds. The van der Waals surface area contributed by atoms with E-state index >= 15 is 0 Å². The Morgan fingerprint density at radius 1 is 1.16 bits per heavy atom. The van der Waals surface area contributed by atoms with Gasteiger partial charge in [0.2, 0.25) is 0 Å². The highest BCUT2D eigenvalue weighted by molar-refractivity contribution is 7.99. The maximum atomic E-state index is 11.0. The lowest BCUT2D eigenvalue weighted by Gasteiger charge is -2.13. The van der Waals surface area contributed by atoms with Crippen LogP contribution in [0.25, 0.3) is 0 Å². The molecule has 2 unspecified atom stereocenters. The Labute approximate surface area is 155 Å². The lowest BCUT2D eigenvalue weighted by Crippen LogP contribution is -2.33. The van der Waals surface area contributed by atoms with Crippen LogP contribution in [0.3, 0.4) is 0 Å². The molecule has 25 heavy (non-hydrogen) atoms. The molecule has 7 heteroatoms. The van der Waals surface area contributed by atoms with Crippen LogP contribution in [0.15, 0.2) is 48.5 Å². The van der Waals surface area contributed by atoms with Gasteiger partial charge in [-0.15, -0.1) is 11.8 Å². The molecule has 1 aliphatic rings. The van der Waals surface area contributed by atoms with Crippen LogP contribution in [-0.4, -0.2) is 36.1 Å². The number of rotatable bonds is 7. The molecule has 0 aromatic heterocycles. The van der Waals surface area contributed by atoms with E-state index in [0.29, 0.717) is 29.7 Å². The fraction of sp³-hybridized carbons (Fsp3) is 0.278. The maximum Gasteiger partial charge on any atom is 0.321 e. The molecule has 5 nitrogen and oxygen atoms in total. The summed E-state index contributed by atoms with van der Waals surface area (Å²) in [5.74, 6) is 1.13. The average molecular weight is 380 g/mol. The Morgan fingerprint density at radius 2 is 1.88 bits per heavy atom. The number of thioether (sulfide) groups is 1. The highest BCUT2D eigenvalue weighted by Crippen LogP contribution is 2.33. The molecule has 1 fully saturated rings. The first-order valence-corrected chi connectivity index (χ1v) is 9.27. The van der Waals surface area contributed by atoms with Crippen molar-refractivity contribution in [3.63, 3.8) is 0 Å². The summed E-state index contributed by atoms with van der Waals surface area (Å²) >= 11 is 7.61. The molecule has 0 saturated carbocycles. The van der Waals surface area contributed by atoms with Crippen LogP contribution >= 0.6 is 23.4 Å². The predicted molar refractivity (Wildman–Crippen MR) is 98.6 cm³/mol. The lowest BCUT2D eigenvalue weighted by molar-refractivity contribution is -0.138. The van der Waals surface area contributed by atoms with Crippen molar-refractivity contribution in [2.45, 2.75) is 11.4 Å². The number of halogens is 1. The highest BCUT2D eigenvalue weighted by Gasteiger charge is 2.30. The largest absolute Gasteiger partial charge is 0.490 e. The summed E-state index contributed by atoms with van der Waals surface area (Å²) in [5.41, 5.74) is 1.04. The number of para-hydroxylation sites is 1. The molecule has 1 saturated heterocycles. The van der Waals surface area contributed by atoms with Crippen molar-refractivity contribution in [1.82, 2.24) is 5.32 Å². The van der Waals surface area contributed by atoms with E-state index in [1.54, 1.807) is 17.8 Å². The van der Waals surface area contributed by atoms with Crippen LogP contribution < -0.4 is 14.8 Å². The van der Waals surface area contributed by atoms with E-state index in [4.69, 9.17) is 26.2 Å². The van der Waals surface area contributed by atoms with Crippen molar-refractivity contribution in [2.75, 3.05) is 19.0 Å². The third-order valence-electron chi connectivity index (χ3n) is 3.71. The quantitative estimate of drug-likeness (QED) is 0.716. The Hall–Kier alpha value is -1.89. The summed E-state index contributed by atoms with van der Waals surface area (Å²) in [6.07, 6.45) is 0. The second-order valence-corrected chi connectivity index (χ2v) is 7.01. The van der Waals surface area contributed by atoms with E-state index in [2.05, 4.69) is 5.32 Å². The standard InChI is InChI=1S/C18H18ClNO4S/c19-14-3-1-2-4-16(14)24-10-9-23-13-7-5-12(6-8-13)17-20-15(11-25-17)18(21)22/h1-8,15,17,20H,9-11H2,(H,21,22). The number of hydrogen-bond donors (Lipinski definition) is 2. The highest BCUT2D eigenvalue weighted by atomic mass is 35.5. The number of hydrogen-bond acceptors (Lipinski definition) is 5. The van der Waals surface area contributed by atoms with Crippen molar-refractivity contribution in [1.29, 1.82) is 0 Å². The van der Waals surface area contributed by atoms with Gasteiger partial charge in [-0.25, -0.2) is 0 Å². The minimum absolute atomic E-state index is 0.00120. The number of carboxylic acids is 1. The third kappa shape index (κ3) is 4.81. The molecule has 2 aromatic carbocycles. The minimum atomic E-state index is -0.812. The zero-order valence-electron chi connectivity index (χ0n) is 13.4. The van der Waals surface area contributed by atoms with Crippen LogP contribution in [0.5, 0.6) is 11.5 Å². The van der Waals surface area contributed by atoms with Crippen LogP contribution in [0.1, 0.15) is 10.9 Å². The molecule has 2 N–H and O–H groups in total. The molecule has 2 aromatic rings. The summed E-state index contributed by atoms with van der Waals surface area (Å²) in [6, 6.07) is 14.5. The van der Waals surface area contributed by atoms with Crippen molar-refractivity contribution in [3.8, 4) is 11.5 Å². The second kappa shape index (κ2) is 8.47.